The number of carbonyl (C=O) groups is 1. The normalized spacial score (nSPS) is 15.5. The lowest BCUT2D eigenvalue weighted by molar-refractivity contribution is 0.102. The molecule has 32 heavy (non-hydrogen) atoms. The molecular formula is C23H20BrN3O3S2. The van der Waals surface area contributed by atoms with E-state index in [0.717, 1.165) is 34.2 Å². The first-order valence-corrected chi connectivity index (χ1v) is 13.1. The number of carbonyl (C=O) groups excluding carboxylic acids is 1. The van der Waals surface area contributed by atoms with Crippen molar-refractivity contribution >= 4 is 53.9 Å². The molecule has 1 aromatic heterocycles. The van der Waals surface area contributed by atoms with E-state index in [4.69, 9.17) is 0 Å². The van der Waals surface area contributed by atoms with E-state index >= 15 is 0 Å². The number of hydrogen-bond donors (Lipinski definition) is 2. The van der Waals surface area contributed by atoms with Crippen molar-refractivity contribution in [2.75, 3.05) is 10.0 Å². The first-order valence-electron chi connectivity index (χ1n) is 10.0. The molecular weight excluding hydrogens is 510 g/mol. The molecule has 1 heterocycles. The van der Waals surface area contributed by atoms with Crippen LogP contribution in [0.4, 0.5) is 10.7 Å². The van der Waals surface area contributed by atoms with E-state index in [9.17, 15) is 18.5 Å². The van der Waals surface area contributed by atoms with Crippen LogP contribution >= 0.6 is 27.3 Å². The average Bonchev–Trinajstić information content (AvgIpc) is 3.11. The van der Waals surface area contributed by atoms with Gasteiger partial charge in [-0.3, -0.25) is 9.52 Å². The third kappa shape index (κ3) is 4.72. The first-order chi connectivity index (χ1) is 15.3. The van der Waals surface area contributed by atoms with Gasteiger partial charge >= 0.3 is 0 Å². The van der Waals surface area contributed by atoms with E-state index in [1.807, 2.05) is 0 Å². The predicted molar refractivity (Wildman–Crippen MR) is 130 cm³/mol. The largest absolute Gasteiger partial charge is 0.312 e. The highest BCUT2D eigenvalue weighted by atomic mass is 79.9. The number of fused-ring (bicyclic) bond motifs is 1. The number of halogens is 1. The van der Waals surface area contributed by atoms with E-state index in [1.165, 1.54) is 29.5 Å². The Morgan fingerprint density at radius 1 is 1.22 bits per heavy atom. The summed E-state index contributed by atoms with van der Waals surface area (Å²) in [6, 6.07) is 14.8. The SMILES string of the molecule is CC1CCc2c(sc(NC(=O)c3cccc(S(=O)(=O)Nc4ccc(Br)cc4)c3)c2C#N)C1. The van der Waals surface area contributed by atoms with Gasteiger partial charge in [0.1, 0.15) is 11.1 Å². The molecule has 0 spiro atoms. The molecule has 2 N–H and O–H groups in total. The van der Waals surface area contributed by atoms with Crippen LogP contribution in [0.5, 0.6) is 0 Å². The summed E-state index contributed by atoms with van der Waals surface area (Å²) in [5, 5.41) is 13.0. The van der Waals surface area contributed by atoms with Crippen LogP contribution in [0.2, 0.25) is 0 Å². The number of sulfonamides is 1. The Balaban J connectivity index is 1.57. The lowest BCUT2D eigenvalue weighted by atomic mass is 9.88. The Morgan fingerprint density at radius 3 is 2.69 bits per heavy atom. The summed E-state index contributed by atoms with van der Waals surface area (Å²) in [6.07, 6.45) is 2.76. The van der Waals surface area contributed by atoms with Crippen molar-refractivity contribution in [1.82, 2.24) is 0 Å². The zero-order valence-electron chi connectivity index (χ0n) is 17.2. The highest BCUT2D eigenvalue weighted by molar-refractivity contribution is 9.10. The van der Waals surface area contributed by atoms with Crippen molar-refractivity contribution < 1.29 is 13.2 Å². The van der Waals surface area contributed by atoms with Gasteiger partial charge in [-0.05, 0) is 73.2 Å². The minimum Gasteiger partial charge on any atom is -0.312 e. The number of hydrogen-bond acceptors (Lipinski definition) is 5. The van der Waals surface area contributed by atoms with E-state index in [0.29, 0.717) is 22.2 Å². The van der Waals surface area contributed by atoms with Gasteiger partial charge < -0.3 is 5.32 Å². The van der Waals surface area contributed by atoms with Crippen LogP contribution in [0, 0.1) is 17.2 Å². The standard InChI is InChI=1S/C23H20BrN3O3S2/c1-14-5-10-19-20(13-25)23(31-21(19)11-14)26-22(28)15-3-2-4-18(12-15)32(29,30)27-17-8-6-16(24)7-9-17/h2-4,6-9,12,14,27H,5,10-11H2,1H3,(H,26,28). The number of benzene rings is 2. The second-order valence-corrected chi connectivity index (χ2v) is 11.5. The fourth-order valence-corrected chi connectivity index (χ4v) is 6.39. The van der Waals surface area contributed by atoms with E-state index in [2.05, 4.69) is 39.0 Å². The maximum atomic E-state index is 12.9. The smallest absolute Gasteiger partial charge is 0.261 e. The molecule has 0 saturated carbocycles. The number of thiophene rings is 1. The van der Waals surface area contributed by atoms with Crippen LogP contribution in [0.25, 0.3) is 0 Å². The van der Waals surface area contributed by atoms with Crippen LogP contribution in [-0.2, 0) is 22.9 Å². The topological polar surface area (TPSA) is 99.1 Å². The first kappa shape index (κ1) is 22.5. The van der Waals surface area contributed by atoms with Gasteiger partial charge in [0.25, 0.3) is 15.9 Å². The molecule has 2 aromatic carbocycles. The lowest BCUT2D eigenvalue weighted by Gasteiger charge is -2.17. The molecule has 0 bridgehead atoms. The summed E-state index contributed by atoms with van der Waals surface area (Å²) >= 11 is 4.75. The van der Waals surface area contributed by atoms with E-state index in [-0.39, 0.29) is 10.5 Å². The van der Waals surface area contributed by atoms with Gasteiger partial charge in [-0.1, -0.05) is 28.9 Å². The molecule has 1 aliphatic carbocycles. The van der Waals surface area contributed by atoms with E-state index < -0.39 is 15.9 Å². The summed E-state index contributed by atoms with van der Waals surface area (Å²) in [5.41, 5.74) is 2.17. The second-order valence-electron chi connectivity index (χ2n) is 7.76. The number of rotatable bonds is 5. The molecule has 0 radical (unpaired) electrons. The van der Waals surface area contributed by atoms with Gasteiger partial charge in [-0.15, -0.1) is 11.3 Å². The van der Waals surface area contributed by atoms with Crippen molar-refractivity contribution in [3.63, 3.8) is 0 Å². The Kier molecular flexibility index (Phi) is 6.38. The Morgan fingerprint density at radius 2 is 1.97 bits per heavy atom. The predicted octanol–water partition coefficient (Wildman–Crippen LogP) is 5.56. The summed E-state index contributed by atoms with van der Waals surface area (Å²) in [5.74, 6) is 0.102. The third-order valence-electron chi connectivity index (χ3n) is 5.35. The van der Waals surface area contributed by atoms with Gasteiger partial charge in [0.2, 0.25) is 0 Å². The molecule has 9 heteroatoms. The third-order valence-corrected chi connectivity index (χ3v) is 8.43. The molecule has 1 unspecified atom stereocenters. The number of nitrogens with one attached hydrogen (secondary N) is 2. The average molecular weight is 530 g/mol. The van der Waals surface area contributed by atoms with Crippen molar-refractivity contribution in [1.29, 1.82) is 5.26 Å². The fraction of sp³-hybridized carbons (Fsp3) is 0.217. The Bertz CT molecular complexity index is 1330. The minimum atomic E-state index is -3.87. The van der Waals surface area contributed by atoms with Gasteiger partial charge in [0.05, 0.1) is 10.5 Å². The van der Waals surface area contributed by atoms with E-state index in [1.54, 1.807) is 30.3 Å². The Hall–Kier alpha value is -2.67. The van der Waals surface area contributed by atoms with Crippen LogP contribution in [0.15, 0.2) is 57.9 Å². The molecule has 1 amide bonds. The quantitative estimate of drug-likeness (QED) is 0.451. The Labute approximate surface area is 199 Å². The maximum absolute atomic E-state index is 12.9. The number of amides is 1. The zero-order chi connectivity index (χ0) is 22.9. The highest BCUT2D eigenvalue weighted by Crippen LogP contribution is 2.39. The summed E-state index contributed by atoms with van der Waals surface area (Å²) in [4.78, 5) is 14.0. The van der Waals surface area contributed by atoms with Crippen molar-refractivity contribution in [2.24, 2.45) is 5.92 Å². The lowest BCUT2D eigenvalue weighted by Crippen LogP contribution is -2.16. The molecule has 0 fully saturated rings. The molecule has 3 aromatic rings. The van der Waals surface area contributed by atoms with Crippen LogP contribution in [-0.4, -0.2) is 14.3 Å². The van der Waals surface area contributed by atoms with Crippen molar-refractivity contribution in [2.45, 2.75) is 31.1 Å². The zero-order valence-corrected chi connectivity index (χ0v) is 20.4. The van der Waals surface area contributed by atoms with Gasteiger partial charge in [0.15, 0.2) is 0 Å². The number of anilines is 2. The summed E-state index contributed by atoms with van der Waals surface area (Å²) in [6.45, 7) is 2.18. The molecule has 1 aliphatic rings. The number of nitriles is 1. The monoisotopic (exact) mass is 529 g/mol. The molecule has 4 rings (SSSR count). The maximum Gasteiger partial charge on any atom is 0.261 e. The molecule has 164 valence electrons. The van der Waals surface area contributed by atoms with Crippen LogP contribution < -0.4 is 10.0 Å². The van der Waals surface area contributed by atoms with Crippen molar-refractivity contribution in [3.05, 3.63) is 74.6 Å². The summed E-state index contributed by atoms with van der Waals surface area (Å²) in [7, 11) is -3.87. The molecule has 0 saturated heterocycles. The van der Waals surface area contributed by atoms with Gasteiger partial charge in [-0.25, -0.2) is 8.42 Å². The summed E-state index contributed by atoms with van der Waals surface area (Å²) < 4.78 is 28.9. The molecule has 6 nitrogen and oxygen atoms in total. The van der Waals surface area contributed by atoms with Crippen LogP contribution in [0.3, 0.4) is 0 Å². The minimum absolute atomic E-state index is 0.0205. The van der Waals surface area contributed by atoms with Crippen LogP contribution in [0.1, 0.15) is 39.7 Å². The molecule has 0 aliphatic heterocycles. The van der Waals surface area contributed by atoms with Gasteiger partial charge in [-0.2, -0.15) is 5.26 Å². The van der Waals surface area contributed by atoms with Gasteiger partial charge in [0, 0.05) is 20.6 Å². The fourth-order valence-electron chi connectivity index (χ4n) is 3.67. The second kappa shape index (κ2) is 9.06. The molecule has 1 atom stereocenters. The highest BCUT2D eigenvalue weighted by Gasteiger charge is 2.25. The van der Waals surface area contributed by atoms with Crippen molar-refractivity contribution in [3.8, 4) is 6.07 Å². The number of nitrogens with zero attached hydrogens (tertiary/aromatic N) is 1.